The largest absolute Gasteiger partial charge is 0.464 e. The highest BCUT2D eigenvalue weighted by Gasteiger charge is 2.23. The molecule has 4 rings (SSSR count). The third-order valence-electron chi connectivity index (χ3n) is 5.98. The molecule has 1 fully saturated rings. The Balaban J connectivity index is 1.70. The minimum Gasteiger partial charge on any atom is -0.464 e. The van der Waals surface area contributed by atoms with Crippen LogP contribution >= 0.6 is 0 Å². The topological polar surface area (TPSA) is 85.5 Å². The Labute approximate surface area is 201 Å². The number of allylic oxidation sites excluding steroid dienone is 1. The Hall–Kier alpha value is -3.39. The zero-order valence-electron chi connectivity index (χ0n) is 20.2. The van der Waals surface area contributed by atoms with Crippen molar-refractivity contribution < 1.29 is 13.9 Å². The van der Waals surface area contributed by atoms with Crippen molar-refractivity contribution in [2.75, 3.05) is 36.6 Å². The minimum absolute atomic E-state index is 0.377. The van der Waals surface area contributed by atoms with E-state index in [4.69, 9.17) is 13.9 Å². The van der Waals surface area contributed by atoms with E-state index in [9.17, 15) is 0 Å². The summed E-state index contributed by atoms with van der Waals surface area (Å²) >= 11 is 0. The average molecular weight is 464 g/mol. The highest BCUT2D eigenvalue weighted by molar-refractivity contribution is 5.85. The summed E-state index contributed by atoms with van der Waals surface area (Å²) in [5, 5.41) is 3.56. The molecule has 8 heteroatoms. The van der Waals surface area contributed by atoms with Crippen LogP contribution in [0.1, 0.15) is 51.4 Å². The van der Waals surface area contributed by atoms with Crippen LogP contribution in [-0.4, -0.2) is 47.4 Å². The van der Waals surface area contributed by atoms with Crippen molar-refractivity contribution in [2.45, 2.75) is 46.1 Å². The molecule has 0 bridgehead atoms. The van der Waals surface area contributed by atoms with Crippen LogP contribution in [0, 0.1) is 0 Å². The summed E-state index contributed by atoms with van der Waals surface area (Å²) < 4.78 is 16.5. The van der Waals surface area contributed by atoms with Gasteiger partial charge in [0.05, 0.1) is 42.3 Å². The van der Waals surface area contributed by atoms with Gasteiger partial charge in [-0.25, -0.2) is 15.0 Å². The maximum atomic E-state index is 5.61. The summed E-state index contributed by atoms with van der Waals surface area (Å²) in [6, 6.07) is 7.40. The second-order valence-corrected chi connectivity index (χ2v) is 8.10. The lowest BCUT2D eigenvalue weighted by Gasteiger charge is -2.36. The predicted octanol–water partition coefficient (Wildman–Crippen LogP) is 5.56. The first-order valence-electron chi connectivity index (χ1n) is 12.0. The molecular weight excluding hydrogens is 430 g/mol. The second kappa shape index (κ2) is 11.7. The maximum absolute atomic E-state index is 5.61. The zero-order valence-corrected chi connectivity index (χ0v) is 20.2. The number of hydrogen-bond donors (Lipinski definition) is 1. The van der Waals surface area contributed by atoms with Gasteiger partial charge in [0, 0.05) is 25.8 Å². The number of nitrogens with one attached hydrogen (secondary N) is 1. The lowest BCUT2D eigenvalue weighted by molar-refractivity contribution is 0.0846. The van der Waals surface area contributed by atoms with Gasteiger partial charge in [-0.05, 0) is 62.5 Å². The van der Waals surface area contributed by atoms with Crippen LogP contribution in [0.3, 0.4) is 0 Å². The van der Waals surface area contributed by atoms with Crippen LogP contribution in [0.15, 0.2) is 47.6 Å². The highest BCUT2D eigenvalue weighted by Crippen LogP contribution is 2.35. The third-order valence-corrected chi connectivity index (χ3v) is 5.98. The fourth-order valence-corrected chi connectivity index (χ4v) is 4.31. The smallest absolute Gasteiger partial charge is 0.316 e. The molecule has 3 heterocycles. The molecule has 2 aromatic heterocycles. The third kappa shape index (κ3) is 5.75. The highest BCUT2D eigenvalue weighted by atomic mass is 16.5. The Morgan fingerprint density at radius 3 is 2.59 bits per heavy atom. The lowest BCUT2D eigenvalue weighted by atomic mass is 9.99. The number of nitrogens with zero attached hydrogens (tertiary/aromatic N) is 4. The molecule has 1 N–H and O–H groups in total. The number of anilines is 3. The second-order valence-electron chi connectivity index (χ2n) is 8.10. The molecule has 34 heavy (non-hydrogen) atoms. The normalized spacial score (nSPS) is 14.7. The van der Waals surface area contributed by atoms with E-state index in [0.29, 0.717) is 18.7 Å². The fourth-order valence-electron chi connectivity index (χ4n) is 4.31. The van der Waals surface area contributed by atoms with E-state index in [-0.39, 0.29) is 0 Å². The van der Waals surface area contributed by atoms with E-state index in [2.05, 4.69) is 57.2 Å². The van der Waals surface area contributed by atoms with Crippen molar-refractivity contribution in [1.82, 2.24) is 15.0 Å². The molecule has 0 aliphatic carbocycles. The van der Waals surface area contributed by atoms with Crippen molar-refractivity contribution in [1.29, 1.82) is 0 Å². The average Bonchev–Trinajstić information content (AvgIpc) is 3.39. The van der Waals surface area contributed by atoms with Gasteiger partial charge in [0.15, 0.2) is 6.39 Å². The first-order valence-corrected chi connectivity index (χ1v) is 12.0. The number of rotatable bonds is 10. The van der Waals surface area contributed by atoms with Gasteiger partial charge in [0.2, 0.25) is 0 Å². The summed E-state index contributed by atoms with van der Waals surface area (Å²) in [7, 11) is 0. The van der Waals surface area contributed by atoms with Gasteiger partial charge < -0.3 is 24.1 Å². The van der Waals surface area contributed by atoms with E-state index in [1.165, 1.54) is 12.0 Å². The van der Waals surface area contributed by atoms with Crippen LogP contribution in [0.2, 0.25) is 0 Å². The van der Waals surface area contributed by atoms with Gasteiger partial charge in [-0.2, -0.15) is 0 Å². The van der Waals surface area contributed by atoms with E-state index in [0.717, 1.165) is 67.4 Å². The Morgan fingerprint density at radius 2 is 1.94 bits per heavy atom. The van der Waals surface area contributed by atoms with Crippen molar-refractivity contribution >= 4 is 28.7 Å². The van der Waals surface area contributed by atoms with Gasteiger partial charge in [-0.3, -0.25) is 0 Å². The number of hydrogen-bond acceptors (Lipinski definition) is 8. The lowest BCUT2D eigenvalue weighted by Crippen LogP contribution is -2.39. The SMILES string of the molecule is CCOc1ncc(Nc2cc(/C(=C/c3cnco3)CC)ccc2N(CC)C2CCOCC2)cn1. The monoisotopic (exact) mass is 463 g/mol. The minimum atomic E-state index is 0.377. The fraction of sp³-hybridized carbons (Fsp3) is 0.423. The zero-order chi connectivity index (χ0) is 23.8. The molecule has 1 saturated heterocycles. The molecule has 1 aliphatic rings. The van der Waals surface area contributed by atoms with E-state index in [1.54, 1.807) is 18.6 Å². The molecule has 1 aliphatic heterocycles. The van der Waals surface area contributed by atoms with Crippen LogP contribution < -0.4 is 15.0 Å². The van der Waals surface area contributed by atoms with E-state index >= 15 is 0 Å². The van der Waals surface area contributed by atoms with Crippen molar-refractivity contribution in [3.05, 3.63) is 54.5 Å². The Kier molecular flexibility index (Phi) is 8.14. The van der Waals surface area contributed by atoms with E-state index < -0.39 is 0 Å². The van der Waals surface area contributed by atoms with Crippen LogP contribution in [0.5, 0.6) is 6.01 Å². The molecule has 0 spiro atoms. The molecule has 0 unspecified atom stereocenters. The van der Waals surface area contributed by atoms with Crippen molar-refractivity contribution in [3.8, 4) is 6.01 Å². The summed E-state index contributed by atoms with van der Waals surface area (Å²) in [5.41, 5.74) is 5.27. The molecule has 0 radical (unpaired) electrons. The standard InChI is InChI=1S/C26H33N5O3/c1-4-19(13-23-17-27-18-34-23)20-7-8-25(31(5-2)22-9-11-32-12-10-22)24(14-20)30-21-15-28-26(29-16-21)33-6-3/h7-8,13-18,22,30H,4-6,9-12H2,1-3H3/b19-13+. The number of benzene rings is 1. The molecule has 0 saturated carbocycles. The summed E-state index contributed by atoms with van der Waals surface area (Å²) in [6.45, 7) is 9.31. The predicted molar refractivity (Wildman–Crippen MR) is 134 cm³/mol. The van der Waals surface area contributed by atoms with Gasteiger partial charge in [-0.1, -0.05) is 13.0 Å². The number of ether oxygens (including phenoxy) is 2. The van der Waals surface area contributed by atoms with Crippen molar-refractivity contribution in [3.63, 3.8) is 0 Å². The van der Waals surface area contributed by atoms with Crippen LogP contribution in [-0.2, 0) is 4.74 Å². The van der Waals surface area contributed by atoms with Gasteiger partial charge in [0.25, 0.3) is 0 Å². The van der Waals surface area contributed by atoms with Gasteiger partial charge in [0.1, 0.15) is 5.76 Å². The van der Waals surface area contributed by atoms with Gasteiger partial charge in [-0.15, -0.1) is 0 Å². The first kappa shape index (κ1) is 23.8. The first-order chi connectivity index (χ1) is 16.7. The Morgan fingerprint density at radius 1 is 1.15 bits per heavy atom. The molecule has 1 aromatic carbocycles. The van der Waals surface area contributed by atoms with Gasteiger partial charge >= 0.3 is 6.01 Å². The van der Waals surface area contributed by atoms with Crippen LogP contribution in [0.4, 0.5) is 17.1 Å². The maximum Gasteiger partial charge on any atom is 0.316 e. The molecule has 0 amide bonds. The summed E-state index contributed by atoms with van der Waals surface area (Å²) in [4.78, 5) is 15.1. The molecule has 3 aromatic rings. The number of aromatic nitrogens is 3. The number of oxazole rings is 1. The Bertz CT molecular complexity index is 1060. The summed E-state index contributed by atoms with van der Waals surface area (Å²) in [6.07, 6.45) is 11.6. The molecule has 0 atom stereocenters. The molecule has 8 nitrogen and oxygen atoms in total. The molecular formula is C26H33N5O3. The summed E-state index contributed by atoms with van der Waals surface area (Å²) in [5.74, 6) is 0.743. The molecule has 180 valence electrons. The van der Waals surface area contributed by atoms with E-state index in [1.807, 2.05) is 13.0 Å². The van der Waals surface area contributed by atoms with Crippen molar-refractivity contribution in [2.24, 2.45) is 0 Å². The quantitative estimate of drug-likeness (QED) is 0.418. The van der Waals surface area contributed by atoms with Crippen LogP contribution in [0.25, 0.3) is 11.6 Å².